The van der Waals surface area contributed by atoms with Gasteiger partial charge in [0.2, 0.25) is 0 Å². The molecule has 2 nitrogen and oxygen atoms in total. The second kappa shape index (κ2) is 7.54. The van der Waals surface area contributed by atoms with E-state index in [4.69, 9.17) is 9.15 Å². The van der Waals surface area contributed by atoms with E-state index in [9.17, 15) is 0 Å². The molecule has 0 aliphatic heterocycles. The number of benzene rings is 2. The van der Waals surface area contributed by atoms with Crippen molar-refractivity contribution in [3.8, 4) is 11.3 Å². The average Bonchev–Trinajstić information content (AvgIpc) is 2.94. The normalized spacial score (nSPS) is 12.1. The first kappa shape index (κ1) is 17.2. The van der Waals surface area contributed by atoms with Gasteiger partial charge in [0.1, 0.15) is 17.6 Å². The van der Waals surface area contributed by atoms with Crippen molar-refractivity contribution in [3.05, 3.63) is 95.3 Å². The van der Waals surface area contributed by atoms with E-state index in [1.54, 1.807) is 7.11 Å². The largest absolute Gasteiger partial charge is 0.461 e. The van der Waals surface area contributed by atoms with Gasteiger partial charge in [-0.1, -0.05) is 72.8 Å². The molecule has 2 heteroatoms. The van der Waals surface area contributed by atoms with Crippen LogP contribution < -0.4 is 0 Å². The minimum atomic E-state index is -0.156. The predicted octanol–water partition coefficient (Wildman–Crippen LogP) is 6.11. The third kappa shape index (κ3) is 3.59. The van der Waals surface area contributed by atoms with Crippen LogP contribution in [0, 0.1) is 6.92 Å². The van der Waals surface area contributed by atoms with E-state index in [1.807, 2.05) is 50.2 Å². The lowest BCUT2D eigenvalue weighted by molar-refractivity contribution is 0.134. The fourth-order valence-corrected chi connectivity index (χ4v) is 3.30. The molecule has 0 N–H and O–H groups in total. The summed E-state index contributed by atoms with van der Waals surface area (Å²) in [6.07, 6.45) is 0.612. The molecule has 1 aromatic heterocycles. The van der Waals surface area contributed by atoms with Gasteiger partial charge in [0.25, 0.3) is 0 Å². The first-order valence-electron chi connectivity index (χ1n) is 8.51. The average molecular weight is 332 g/mol. The molecule has 0 spiro atoms. The Morgan fingerprint density at radius 3 is 2.20 bits per heavy atom. The lowest BCUT2D eigenvalue weighted by Crippen LogP contribution is -2.07. The Labute approximate surface area is 149 Å². The highest BCUT2D eigenvalue weighted by Gasteiger charge is 2.26. The van der Waals surface area contributed by atoms with E-state index >= 15 is 0 Å². The number of allylic oxidation sites excluding steroid dienone is 1. The smallest absolute Gasteiger partial charge is 0.138 e. The monoisotopic (exact) mass is 332 g/mol. The maximum Gasteiger partial charge on any atom is 0.138 e. The van der Waals surface area contributed by atoms with Crippen molar-refractivity contribution in [2.45, 2.75) is 26.4 Å². The van der Waals surface area contributed by atoms with Crippen molar-refractivity contribution in [3.63, 3.8) is 0 Å². The highest BCUT2D eigenvalue weighted by molar-refractivity contribution is 5.65. The van der Waals surface area contributed by atoms with Gasteiger partial charge in [-0.15, -0.1) is 0 Å². The molecule has 0 aliphatic carbocycles. The summed E-state index contributed by atoms with van der Waals surface area (Å²) < 4.78 is 12.1. The van der Waals surface area contributed by atoms with Crippen LogP contribution in [0.3, 0.4) is 0 Å². The molecular formula is C23H24O2. The number of hydrogen-bond donors (Lipinski definition) is 0. The lowest BCUT2D eigenvalue weighted by Gasteiger charge is -2.18. The molecule has 1 heterocycles. The number of hydrogen-bond acceptors (Lipinski definition) is 2. The number of furan rings is 1. The van der Waals surface area contributed by atoms with Crippen LogP contribution in [-0.2, 0) is 11.2 Å². The predicted molar refractivity (Wildman–Crippen MR) is 103 cm³/mol. The van der Waals surface area contributed by atoms with E-state index in [-0.39, 0.29) is 6.10 Å². The van der Waals surface area contributed by atoms with Gasteiger partial charge in [-0.25, -0.2) is 0 Å². The molecule has 0 aliphatic rings. The molecule has 0 radical (unpaired) electrons. The summed E-state index contributed by atoms with van der Waals surface area (Å²) >= 11 is 0. The van der Waals surface area contributed by atoms with Crippen LogP contribution in [-0.4, -0.2) is 7.11 Å². The second-order valence-electron chi connectivity index (χ2n) is 6.41. The molecule has 0 amide bonds. The SMILES string of the molecule is C=C(C)Cc1c(-c2ccccc2)oc(C)c1C(OC)c1ccccc1. The maximum atomic E-state index is 6.22. The zero-order valence-electron chi connectivity index (χ0n) is 15.1. The van der Waals surface area contributed by atoms with Gasteiger partial charge in [0.05, 0.1) is 0 Å². The lowest BCUT2D eigenvalue weighted by atomic mass is 9.92. The topological polar surface area (TPSA) is 22.4 Å². The Morgan fingerprint density at radius 1 is 1.04 bits per heavy atom. The molecule has 3 aromatic rings. The molecule has 3 rings (SSSR count). The molecule has 1 unspecified atom stereocenters. The highest BCUT2D eigenvalue weighted by Crippen LogP contribution is 2.39. The van der Waals surface area contributed by atoms with Crippen LogP contribution in [0.2, 0.25) is 0 Å². The number of methoxy groups -OCH3 is 1. The summed E-state index contributed by atoms with van der Waals surface area (Å²) in [6, 6.07) is 20.5. The van der Waals surface area contributed by atoms with E-state index in [2.05, 4.69) is 30.8 Å². The molecule has 1 atom stereocenters. The van der Waals surface area contributed by atoms with Gasteiger partial charge in [-0.05, 0) is 25.8 Å². The summed E-state index contributed by atoms with van der Waals surface area (Å²) in [5, 5.41) is 0. The minimum absolute atomic E-state index is 0.156. The van der Waals surface area contributed by atoms with Gasteiger partial charge < -0.3 is 9.15 Å². The summed E-state index contributed by atoms with van der Waals surface area (Å²) in [5.74, 6) is 1.81. The molecular weight excluding hydrogens is 308 g/mol. The minimum Gasteiger partial charge on any atom is -0.461 e. The van der Waals surface area contributed by atoms with Crippen molar-refractivity contribution < 1.29 is 9.15 Å². The standard InChI is InChI=1S/C23H24O2/c1-16(2)15-20-21(23(24-4)19-13-9-6-10-14-19)17(3)25-22(20)18-11-7-5-8-12-18/h5-14,23H,1,15H2,2-4H3. The number of rotatable bonds is 6. The van der Waals surface area contributed by atoms with E-state index in [0.717, 1.165) is 45.8 Å². The Bertz CT molecular complexity index is 845. The summed E-state index contributed by atoms with van der Waals surface area (Å²) in [5.41, 5.74) is 5.57. The Hall–Kier alpha value is -2.58. The van der Waals surface area contributed by atoms with Gasteiger partial charge in [0.15, 0.2) is 0 Å². The van der Waals surface area contributed by atoms with E-state index in [0.29, 0.717) is 0 Å². The summed E-state index contributed by atoms with van der Waals surface area (Å²) in [7, 11) is 1.75. The summed E-state index contributed by atoms with van der Waals surface area (Å²) in [6.45, 7) is 8.17. The second-order valence-corrected chi connectivity index (χ2v) is 6.41. The van der Waals surface area contributed by atoms with Crippen molar-refractivity contribution in [1.82, 2.24) is 0 Å². The van der Waals surface area contributed by atoms with Crippen LogP contribution in [0.25, 0.3) is 11.3 Å². The van der Waals surface area contributed by atoms with Crippen molar-refractivity contribution in [2.75, 3.05) is 7.11 Å². The first-order valence-corrected chi connectivity index (χ1v) is 8.51. The Kier molecular flexibility index (Phi) is 5.20. The highest BCUT2D eigenvalue weighted by atomic mass is 16.5. The summed E-state index contributed by atoms with van der Waals surface area (Å²) in [4.78, 5) is 0. The third-order valence-electron chi connectivity index (χ3n) is 4.35. The first-order chi connectivity index (χ1) is 12.1. The van der Waals surface area contributed by atoms with Gasteiger partial charge in [-0.3, -0.25) is 0 Å². The van der Waals surface area contributed by atoms with Gasteiger partial charge in [-0.2, -0.15) is 0 Å². The van der Waals surface area contributed by atoms with Crippen LogP contribution in [0.5, 0.6) is 0 Å². The van der Waals surface area contributed by atoms with E-state index < -0.39 is 0 Å². The molecule has 128 valence electrons. The van der Waals surface area contributed by atoms with Crippen molar-refractivity contribution in [1.29, 1.82) is 0 Å². The Balaban J connectivity index is 2.18. The van der Waals surface area contributed by atoms with Gasteiger partial charge in [0, 0.05) is 23.8 Å². The number of aryl methyl sites for hydroxylation is 1. The quantitative estimate of drug-likeness (QED) is 0.508. The Morgan fingerprint density at radius 2 is 1.64 bits per heavy atom. The molecule has 25 heavy (non-hydrogen) atoms. The van der Waals surface area contributed by atoms with Crippen molar-refractivity contribution >= 4 is 0 Å². The van der Waals surface area contributed by atoms with E-state index in [1.165, 1.54) is 0 Å². The fraction of sp³-hybridized carbons (Fsp3) is 0.217. The van der Waals surface area contributed by atoms with Crippen LogP contribution >= 0.6 is 0 Å². The van der Waals surface area contributed by atoms with Gasteiger partial charge >= 0.3 is 0 Å². The fourth-order valence-electron chi connectivity index (χ4n) is 3.30. The molecule has 0 bridgehead atoms. The van der Waals surface area contributed by atoms with Crippen LogP contribution in [0.4, 0.5) is 0 Å². The maximum absolute atomic E-state index is 6.22. The number of ether oxygens (including phenoxy) is 1. The zero-order chi connectivity index (χ0) is 17.8. The third-order valence-corrected chi connectivity index (χ3v) is 4.35. The van der Waals surface area contributed by atoms with Crippen LogP contribution in [0.15, 0.2) is 77.2 Å². The van der Waals surface area contributed by atoms with Crippen LogP contribution in [0.1, 0.15) is 35.5 Å². The molecule has 0 saturated carbocycles. The molecule has 0 saturated heterocycles. The molecule has 2 aromatic carbocycles. The van der Waals surface area contributed by atoms with Crippen molar-refractivity contribution in [2.24, 2.45) is 0 Å². The molecule has 0 fully saturated rings. The zero-order valence-corrected chi connectivity index (χ0v) is 15.1.